The Morgan fingerprint density at radius 1 is 1.11 bits per heavy atom. The van der Waals surface area contributed by atoms with E-state index in [9.17, 15) is 0 Å². The molecule has 144 valence electrons. The van der Waals surface area contributed by atoms with E-state index in [0.717, 1.165) is 45.2 Å². The molecule has 3 aromatic heterocycles. The zero-order valence-electron chi connectivity index (χ0n) is 15.3. The van der Waals surface area contributed by atoms with Gasteiger partial charge in [0.15, 0.2) is 0 Å². The molecular formula is C19H18N4O2S3. The van der Waals surface area contributed by atoms with Gasteiger partial charge >= 0.3 is 0 Å². The SMILES string of the molecule is COc1ccc(-c2nc(CSc3n[nH]c(Cc4cccs4)n3)cs2)c(OC)c1. The monoisotopic (exact) mass is 430 g/mol. The van der Waals surface area contributed by atoms with E-state index in [1.165, 1.54) is 4.88 Å². The first-order valence-electron chi connectivity index (χ1n) is 8.48. The van der Waals surface area contributed by atoms with Crippen LogP contribution in [0.25, 0.3) is 10.6 Å². The van der Waals surface area contributed by atoms with Crippen molar-refractivity contribution in [1.29, 1.82) is 0 Å². The number of hydrogen-bond acceptors (Lipinski definition) is 8. The van der Waals surface area contributed by atoms with Crippen LogP contribution in [0.15, 0.2) is 46.2 Å². The Morgan fingerprint density at radius 3 is 2.82 bits per heavy atom. The van der Waals surface area contributed by atoms with Crippen LogP contribution in [-0.4, -0.2) is 34.4 Å². The molecule has 0 unspecified atom stereocenters. The van der Waals surface area contributed by atoms with Crippen LogP contribution in [0.4, 0.5) is 0 Å². The largest absolute Gasteiger partial charge is 0.497 e. The van der Waals surface area contributed by atoms with Crippen LogP contribution >= 0.6 is 34.4 Å². The molecule has 3 heterocycles. The molecule has 0 fully saturated rings. The number of aromatic nitrogens is 4. The van der Waals surface area contributed by atoms with Gasteiger partial charge < -0.3 is 9.47 Å². The van der Waals surface area contributed by atoms with E-state index in [0.29, 0.717) is 5.75 Å². The lowest BCUT2D eigenvalue weighted by Crippen LogP contribution is -1.90. The van der Waals surface area contributed by atoms with Crippen molar-refractivity contribution in [2.45, 2.75) is 17.3 Å². The first-order chi connectivity index (χ1) is 13.7. The fraction of sp³-hybridized carbons (Fsp3) is 0.211. The number of nitrogens with one attached hydrogen (secondary N) is 1. The van der Waals surface area contributed by atoms with Crippen molar-refractivity contribution in [2.24, 2.45) is 0 Å². The predicted octanol–water partition coefficient (Wildman–Crippen LogP) is 4.89. The number of thiazole rings is 1. The van der Waals surface area contributed by atoms with Gasteiger partial charge in [-0.2, -0.15) is 0 Å². The van der Waals surface area contributed by atoms with Gasteiger partial charge in [-0.1, -0.05) is 17.8 Å². The second-order valence-corrected chi connectivity index (χ2v) is 8.65. The highest BCUT2D eigenvalue weighted by atomic mass is 32.2. The molecule has 0 aliphatic rings. The fourth-order valence-electron chi connectivity index (χ4n) is 2.61. The summed E-state index contributed by atoms with van der Waals surface area (Å²) < 4.78 is 10.7. The summed E-state index contributed by atoms with van der Waals surface area (Å²) in [5.74, 6) is 3.11. The van der Waals surface area contributed by atoms with E-state index in [1.807, 2.05) is 24.3 Å². The molecule has 0 radical (unpaired) electrons. The van der Waals surface area contributed by atoms with Gasteiger partial charge in [0.05, 0.1) is 25.5 Å². The third kappa shape index (κ3) is 4.37. The zero-order chi connectivity index (χ0) is 19.3. The summed E-state index contributed by atoms with van der Waals surface area (Å²) in [6.07, 6.45) is 0.781. The molecule has 0 atom stereocenters. The van der Waals surface area contributed by atoms with Crippen LogP contribution in [0.1, 0.15) is 16.4 Å². The van der Waals surface area contributed by atoms with E-state index < -0.39 is 0 Å². The molecule has 0 aliphatic carbocycles. The minimum Gasteiger partial charge on any atom is -0.497 e. The molecule has 9 heteroatoms. The Bertz CT molecular complexity index is 1040. The summed E-state index contributed by atoms with van der Waals surface area (Å²) in [7, 11) is 3.29. The number of aromatic amines is 1. The van der Waals surface area contributed by atoms with Crippen LogP contribution < -0.4 is 9.47 Å². The molecule has 4 aromatic rings. The van der Waals surface area contributed by atoms with Crippen molar-refractivity contribution in [3.8, 4) is 22.1 Å². The van der Waals surface area contributed by atoms with Gasteiger partial charge in [-0.15, -0.1) is 27.8 Å². The maximum absolute atomic E-state index is 5.48. The van der Waals surface area contributed by atoms with Crippen LogP contribution in [0.3, 0.4) is 0 Å². The Balaban J connectivity index is 1.41. The number of thioether (sulfide) groups is 1. The van der Waals surface area contributed by atoms with E-state index in [2.05, 4.69) is 32.0 Å². The summed E-state index contributed by atoms with van der Waals surface area (Å²) in [5.41, 5.74) is 1.95. The quantitative estimate of drug-likeness (QED) is 0.401. The number of benzene rings is 1. The molecule has 0 saturated carbocycles. The minimum absolute atomic E-state index is 0.714. The first kappa shape index (κ1) is 19.0. The Hall–Kier alpha value is -2.36. The van der Waals surface area contributed by atoms with E-state index >= 15 is 0 Å². The molecule has 28 heavy (non-hydrogen) atoms. The Kier molecular flexibility index (Phi) is 5.94. The zero-order valence-corrected chi connectivity index (χ0v) is 17.8. The second kappa shape index (κ2) is 8.76. The molecular weight excluding hydrogens is 412 g/mol. The van der Waals surface area contributed by atoms with Crippen molar-refractivity contribution < 1.29 is 9.47 Å². The van der Waals surface area contributed by atoms with Gasteiger partial charge in [0.1, 0.15) is 22.3 Å². The smallest absolute Gasteiger partial charge is 0.208 e. The van der Waals surface area contributed by atoms with Crippen molar-refractivity contribution in [3.63, 3.8) is 0 Å². The van der Waals surface area contributed by atoms with Crippen LogP contribution in [0.5, 0.6) is 11.5 Å². The molecule has 4 rings (SSSR count). The van der Waals surface area contributed by atoms with Gasteiger partial charge in [0.2, 0.25) is 5.16 Å². The molecule has 0 aliphatic heterocycles. The third-order valence-electron chi connectivity index (χ3n) is 3.97. The van der Waals surface area contributed by atoms with Gasteiger partial charge in [0, 0.05) is 28.5 Å². The minimum atomic E-state index is 0.714. The number of hydrogen-bond donors (Lipinski definition) is 1. The lowest BCUT2D eigenvalue weighted by Gasteiger charge is -2.08. The summed E-state index contributed by atoms with van der Waals surface area (Å²) in [4.78, 5) is 10.6. The van der Waals surface area contributed by atoms with Gasteiger partial charge in [-0.3, -0.25) is 5.10 Å². The molecule has 0 bridgehead atoms. The summed E-state index contributed by atoms with van der Waals surface area (Å²) in [6.45, 7) is 0. The number of rotatable bonds is 8. The van der Waals surface area contributed by atoms with Crippen molar-refractivity contribution in [3.05, 3.63) is 57.5 Å². The molecule has 1 N–H and O–H groups in total. The Morgan fingerprint density at radius 2 is 2.04 bits per heavy atom. The average Bonchev–Trinajstić information content (AvgIpc) is 3.48. The number of nitrogens with zero attached hydrogens (tertiary/aromatic N) is 3. The highest BCUT2D eigenvalue weighted by molar-refractivity contribution is 7.98. The van der Waals surface area contributed by atoms with Crippen molar-refractivity contribution in [2.75, 3.05) is 14.2 Å². The Labute approximate surface area is 175 Å². The van der Waals surface area contributed by atoms with E-state index in [1.54, 1.807) is 48.7 Å². The lowest BCUT2D eigenvalue weighted by molar-refractivity contribution is 0.395. The summed E-state index contributed by atoms with van der Waals surface area (Å²) >= 11 is 4.89. The standard InChI is InChI=1S/C19H18N4O2S3/c1-24-13-5-6-15(16(8-13)25-2)18-20-12(10-27-18)11-28-19-21-17(22-23-19)9-14-4-3-7-26-14/h3-8,10H,9,11H2,1-2H3,(H,21,22,23). The highest BCUT2D eigenvalue weighted by Gasteiger charge is 2.13. The molecule has 0 amide bonds. The number of H-pyrrole nitrogens is 1. The molecule has 0 spiro atoms. The molecule has 1 aromatic carbocycles. The van der Waals surface area contributed by atoms with Crippen LogP contribution in [0.2, 0.25) is 0 Å². The maximum Gasteiger partial charge on any atom is 0.208 e. The average molecular weight is 431 g/mol. The maximum atomic E-state index is 5.48. The topological polar surface area (TPSA) is 72.9 Å². The highest BCUT2D eigenvalue weighted by Crippen LogP contribution is 2.35. The lowest BCUT2D eigenvalue weighted by atomic mass is 10.2. The first-order valence-corrected chi connectivity index (χ1v) is 11.2. The molecule has 0 saturated heterocycles. The number of thiophene rings is 1. The second-order valence-electron chi connectivity index (χ2n) is 5.82. The molecule has 6 nitrogen and oxygen atoms in total. The van der Waals surface area contributed by atoms with Crippen LogP contribution in [0, 0.1) is 0 Å². The number of ether oxygens (including phenoxy) is 2. The van der Waals surface area contributed by atoms with Crippen molar-refractivity contribution >= 4 is 34.4 Å². The fourth-order valence-corrected chi connectivity index (χ4v) is 4.98. The predicted molar refractivity (Wildman–Crippen MR) is 114 cm³/mol. The third-order valence-corrected chi connectivity index (χ3v) is 6.65. The summed E-state index contributed by atoms with van der Waals surface area (Å²) in [6, 6.07) is 9.90. The van der Waals surface area contributed by atoms with Crippen molar-refractivity contribution in [1.82, 2.24) is 20.2 Å². The van der Waals surface area contributed by atoms with E-state index in [4.69, 9.17) is 14.5 Å². The van der Waals surface area contributed by atoms with Gasteiger partial charge in [-0.05, 0) is 23.6 Å². The number of methoxy groups -OCH3 is 2. The van der Waals surface area contributed by atoms with E-state index in [-0.39, 0.29) is 0 Å². The summed E-state index contributed by atoms with van der Waals surface area (Å²) in [5, 5.41) is 13.1. The normalized spacial score (nSPS) is 10.9. The van der Waals surface area contributed by atoms with Crippen LogP contribution in [-0.2, 0) is 12.2 Å². The van der Waals surface area contributed by atoms with Gasteiger partial charge in [0.25, 0.3) is 0 Å². The van der Waals surface area contributed by atoms with Gasteiger partial charge in [-0.25, -0.2) is 9.97 Å².